The minimum absolute atomic E-state index is 0.159. The first kappa shape index (κ1) is 48.3. The highest BCUT2D eigenvalue weighted by Crippen LogP contribution is 2.52. The van der Waals surface area contributed by atoms with Gasteiger partial charge in [-0.3, -0.25) is 4.79 Å². The van der Waals surface area contributed by atoms with E-state index in [2.05, 4.69) is 0 Å². The van der Waals surface area contributed by atoms with Gasteiger partial charge in [-0.25, -0.2) is 0 Å². The van der Waals surface area contributed by atoms with Gasteiger partial charge in [-0.2, -0.15) is 0 Å². The second-order valence-corrected chi connectivity index (χ2v) is 16.8. The van der Waals surface area contributed by atoms with Crippen LogP contribution in [0.3, 0.4) is 0 Å². The van der Waals surface area contributed by atoms with Crippen molar-refractivity contribution in [2.24, 2.45) is 11.8 Å². The molecule has 2 aliphatic carbocycles. The fourth-order valence-electron chi connectivity index (χ4n) is 9.29. The maximum atomic E-state index is 14.0. The van der Waals surface area contributed by atoms with E-state index in [1.54, 1.807) is 0 Å². The van der Waals surface area contributed by atoms with E-state index in [1.165, 1.54) is 24.3 Å². The standard InChI is InChI=1S/C41H54O23/c42-8-13-5-18(27(50)31(54)25(13)48)61-37-20(10-44)63-40(35(58)33(37)56)23-29(52)22-16(47)7-17(12-1-3-15(46)4-2-12)60-39(22)24(30(23)53)41-36(59)34(57)38(21(11-45)64-41)62-19-6-14(9-43)26(49)32(55)28(19)51/h1-4,7,13-14,18-21,25-28,31-38,40-46,48-59H,5-6,8-11H2. The lowest BCUT2D eigenvalue weighted by Gasteiger charge is -2.47. The van der Waals surface area contributed by atoms with Crippen molar-refractivity contribution in [1.29, 1.82) is 0 Å². The zero-order valence-corrected chi connectivity index (χ0v) is 33.7. The summed E-state index contributed by atoms with van der Waals surface area (Å²) >= 11 is 0. The summed E-state index contributed by atoms with van der Waals surface area (Å²) in [5.41, 5.74) is -3.05. The Hall–Kier alpha value is -3.67. The number of phenolic OH excluding ortho intramolecular Hbond substituents is 3. The third-order valence-electron chi connectivity index (χ3n) is 13.0. The molecular formula is C41H54O23. The zero-order valence-electron chi connectivity index (χ0n) is 33.7. The molecule has 2 aliphatic heterocycles. The molecule has 20 unspecified atom stereocenters. The molecule has 2 saturated heterocycles. The predicted octanol–water partition coefficient (Wildman–Crippen LogP) is -5.42. The first-order chi connectivity index (χ1) is 30.4. The first-order valence-corrected chi connectivity index (χ1v) is 20.6. The largest absolute Gasteiger partial charge is 0.508 e. The summed E-state index contributed by atoms with van der Waals surface area (Å²) in [7, 11) is 0. The lowest BCUT2D eigenvalue weighted by molar-refractivity contribution is -0.275. The fourth-order valence-corrected chi connectivity index (χ4v) is 9.29. The number of benzene rings is 2. The molecule has 356 valence electrons. The molecule has 23 nitrogen and oxygen atoms in total. The summed E-state index contributed by atoms with van der Waals surface area (Å²) in [6.07, 6.45) is -33.2. The lowest BCUT2D eigenvalue weighted by Crippen LogP contribution is -2.61. The van der Waals surface area contributed by atoms with Gasteiger partial charge in [-0.1, -0.05) is 0 Å². The normalized spacial score (nSPS) is 40.7. The molecule has 1 aromatic heterocycles. The van der Waals surface area contributed by atoms with Crippen LogP contribution in [-0.2, 0) is 18.9 Å². The molecule has 2 aromatic carbocycles. The number of aromatic hydroxyl groups is 3. The Morgan fingerprint density at radius 3 is 1.42 bits per heavy atom. The maximum Gasteiger partial charge on any atom is 0.197 e. The van der Waals surface area contributed by atoms with Crippen LogP contribution in [0.5, 0.6) is 17.2 Å². The number of aliphatic hydroxyl groups is 14. The topological polar surface area (TPSA) is 411 Å². The van der Waals surface area contributed by atoms with Crippen LogP contribution >= 0.6 is 0 Å². The molecule has 2 saturated carbocycles. The van der Waals surface area contributed by atoms with Gasteiger partial charge >= 0.3 is 0 Å². The van der Waals surface area contributed by atoms with Gasteiger partial charge in [0.1, 0.15) is 114 Å². The Labute approximate surface area is 362 Å². The predicted molar refractivity (Wildman–Crippen MR) is 210 cm³/mol. The SMILES string of the molecule is O=c1cc(-c2ccc(O)cc2)oc2c(C3OC(CO)C(OC4CC(CO)C(O)C(O)C4O)C(O)C3O)c(O)c(C3OC(CO)C(OC4CC(CO)C(O)C(O)C4O)C(O)C3O)c(O)c12. The van der Waals surface area contributed by atoms with Crippen molar-refractivity contribution in [1.82, 2.24) is 0 Å². The summed E-state index contributed by atoms with van der Waals surface area (Å²) < 4.78 is 29.8. The van der Waals surface area contributed by atoms with E-state index in [0.29, 0.717) is 0 Å². The van der Waals surface area contributed by atoms with Crippen LogP contribution in [0.1, 0.15) is 36.2 Å². The van der Waals surface area contributed by atoms with Crippen molar-refractivity contribution < 1.29 is 110 Å². The molecule has 4 fully saturated rings. The van der Waals surface area contributed by atoms with E-state index in [-0.39, 0.29) is 29.9 Å². The molecule has 0 radical (unpaired) electrons. The second kappa shape index (κ2) is 19.3. The van der Waals surface area contributed by atoms with Crippen molar-refractivity contribution in [2.45, 2.75) is 123 Å². The van der Waals surface area contributed by atoms with Gasteiger partial charge in [-0.15, -0.1) is 0 Å². The average Bonchev–Trinajstić information content (AvgIpc) is 3.28. The Morgan fingerprint density at radius 1 is 0.531 bits per heavy atom. The Bertz CT molecular complexity index is 2130. The van der Waals surface area contributed by atoms with Crippen molar-refractivity contribution in [3.63, 3.8) is 0 Å². The van der Waals surface area contributed by atoms with Crippen molar-refractivity contribution >= 4 is 11.0 Å². The second-order valence-electron chi connectivity index (χ2n) is 16.8. The number of hydrogen-bond acceptors (Lipinski definition) is 23. The van der Waals surface area contributed by atoms with E-state index in [4.69, 9.17) is 23.4 Å². The molecule has 20 atom stereocenters. The highest BCUT2D eigenvalue weighted by atomic mass is 16.6. The third kappa shape index (κ3) is 8.48. The zero-order chi connectivity index (χ0) is 46.6. The van der Waals surface area contributed by atoms with Crippen LogP contribution in [0.15, 0.2) is 39.5 Å². The van der Waals surface area contributed by atoms with Gasteiger partial charge < -0.3 is 110 Å². The van der Waals surface area contributed by atoms with E-state index in [0.717, 1.165) is 6.07 Å². The number of ether oxygens (including phenoxy) is 4. The summed E-state index contributed by atoms with van der Waals surface area (Å²) in [6, 6.07) is 6.13. The molecule has 17 N–H and O–H groups in total. The van der Waals surface area contributed by atoms with Gasteiger partial charge in [-0.05, 0) is 37.1 Å². The van der Waals surface area contributed by atoms with Crippen LogP contribution in [0, 0.1) is 11.8 Å². The number of aliphatic hydroxyl groups excluding tert-OH is 14. The van der Waals surface area contributed by atoms with Crippen LogP contribution < -0.4 is 5.43 Å². The molecule has 3 heterocycles. The average molecular weight is 915 g/mol. The Balaban J connectivity index is 1.31. The molecule has 23 heteroatoms. The minimum atomic E-state index is -2.23. The van der Waals surface area contributed by atoms with Gasteiger partial charge in [0.2, 0.25) is 0 Å². The molecule has 0 amide bonds. The van der Waals surface area contributed by atoms with Crippen LogP contribution in [0.25, 0.3) is 22.3 Å². The molecule has 0 bridgehead atoms. The molecular weight excluding hydrogens is 860 g/mol. The third-order valence-corrected chi connectivity index (χ3v) is 13.0. The smallest absolute Gasteiger partial charge is 0.197 e. The lowest BCUT2D eigenvalue weighted by atomic mass is 9.80. The fraction of sp³-hybridized carbons (Fsp3) is 0.634. The highest BCUT2D eigenvalue weighted by molar-refractivity contribution is 5.92. The van der Waals surface area contributed by atoms with E-state index in [1.807, 2.05) is 0 Å². The summed E-state index contributed by atoms with van der Waals surface area (Å²) in [5.74, 6) is -4.61. The quantitative estimate of drug-likeness (QED) is 0.0853. The van der Waals surface area contributed by atoms with Gasteiger partial charge in [0.25, 0.3) is 0 Å². The molecule has 64 heavy (non-hydrogen) atoms. The maximum absolute atomic E-state index is 14.0. The van der Waals surface area contributed by atoms with Crippen molar-refractivity contribution in [3.8, 4) is 28.6 Å². The summed E-state index contributed by atoms with van der Waals surface area (Å²) in [6.45, 7) is -3.26. The van der Waals surface area contributed by atoms with Gasteiger partial charge in [0.15, 0.2) is 11.0 Å². The van der Waals surface area contributed by atoms with Gasteiger partial charge in [0, 0.05) is 36.7 Å². The molecule has 4 aliphatic rings. The van der Waals surface area contributed by atoms with E-state index in [9.17, 15) is 91.6 Å². The van der Waals surface area contributed by atoms with Crippen molar-refractivity contribution in [2.75, 3.05) is 26.4 Å². The van der Waals surface area contributed by atoms with Crippen LogP contribution in [0.4, 0.5) is 0 Å². The molecule has 3 aromatic rings. The molecule has 0 spiro atoms. The monoisotopic (exact) mass is 914 g/mol. The Morgan fingerprint density at radius 2 is 0.984 bits per heavy atom. The number of hydrogen-bond donors (Lipinski definition) is 17. The van der Waals surface area contributed by atoms with Crippen LogP contribution in [-0.4, -0.2) is 211 Å². The van der Waals surface area contributed by atoms with E-state index >= 15 is 0 Å². The minimum Gasteiger partial charge on any atom is -0.508 e. The number of phenols is 3. The summed E-state index contributed by atoms with van der Waals surface area (Å²) in [5, 5.41) is 183. The first-order valence-electron chi connectivity index (χ1n) is 20.6. The number of rotatable bonds is 11. The summed E-state index contributed by atoms with van der Waals surface area (Å²) in [4.78, 5) is 14.0. The van der Waals surface area contributed by atoms with Crippen LogP contribution in [0.2, 0.25) is 0 Å². The van der Waals surface area contributed by atoms with E-state index < -0.39 is 187 Å². The van der Waals surface area contributed by atoms with Gasteiger partial charge in [0.05, 0.1) is 48.8 Å². The molecule has 7 rings (SSSR count). The Kier molecular flexibility index (Phi) is 14.5. The van der Waals surface area contributed by atoms with Crippen molar-refractivity contribution in [3.05, 3.63) is 51.7 Å². The number of fused-ring (bicyclic) bond motifs is 1. The highest BCUT2D eigenvalue weighted by Gasteiger charge is 2.54.